The largest absolute Gasteiger partial charge is 0.378 e. The van der Waals surface area contributed by atoms with Crippen molar-refractivity contribution in [3.63, 3.8) is 0 Å². The monoisotopic (exact) mass is 263 g/mol. The highest BCUT2D eigenvalue weighted by molar-refractivity contribution is 5.74. The molecule has 0 aliphatic heterocycles. The molecule has 106 valence electrons. The van der Waals surface area contributed by atoms with Crippen LogP contribution in [0.1, 0.15) is 26.3 Å². The van der Waals surface area contributed by atoms with Crippen LogP contribution in [0.2, 0.25) is 0 Å². The maximum atomic E-state index is 11.6. The third-order valence-corrected chi connectivity index (χ3v) is 2.64. The lowest BCUT2D eigenvalue weighted by molar-refractivity contribution is 0.232. The predicted octanol–water partition coefficient (Wildman–Crippen LogP) is 2.39. The molecule has 0 bridgehead atoms. The number of carbonyl (C=O) groups is 1. The van der Waals surface area contributed by atoms with Crippen LogP contribution in [-0.2, 0) is 6.42 Å². The molecule has 1 rings (SSSR count). The summed E-state index contributed by atoms with van der Waals surface area (Å²) in [6, 6.07) is 8.25. The van der Waals surface area contributed by atoms with Crippen LogP contribution in [0.3, 0.4) is 0 Å². The second-order valence-corrected chi connectivity index (χ2v) is 5.94. The summed E-state index contributed by atoms with van der Waals surface area (Å²) in [5.41, 5.74) is 2.21. The third-order valence-electron chi connectivity index (χ3n) is 2.64. The molecule has 0 saturated heterocycles. The molecular formula is C15H25N3O. The number of amides is 2. The van der Waals surface area contributed by atoms with Crippen molar-refractivity contribution < 1.29 is 4.79 Å². The van der Waals surface area contributed by atoms with Gasteiger partial charge >= 0.3 is 6.03 Å². The van der Waals surface area contributed by atoms with Crippen molar-refractivity contribution >= 4 is 11.7 Å². The van der Waals surface area contributed by atoms with Gasteiger partial charge < -0.3 is 15.5 Å². The predicted molar refractivity (Wildman–Crippen MR) is 80.8 cm³/mol. The minimum Gasteiger partial charge on any atom is -0.378 e. The van der Waals surface area contributed by atoms with Gasteiger partial charge in [0.05, 0.1) is 0 Å². The van der Waals surface area contributed by atoms with E-state index in [0.29, 0.717) is 6.54 Å². The molecule has 0 atom stereocenters. The van der Waals surface area contributed by atoms with E-state index in [0.717, 1.165) is 6.42 Å². The van der Waals surface area contributed by atoms with Crippen molar-refractivity contribution in [3.8, 4) is 0 Å². The van der Waals surface area contributed by atoms with E-state index >= 15 is 0 Å². The Balaban J connectivity index is 2.35. The first kappa shape index (κ1) is 15.3. The highest BCUT2D eigenvalue weighted by Crippen LogP contribution is 2.12. The van der Waals surface area contributed by atoms with E-state index in [1.807, 2.05) is 34.9 Å². The molecule has 2 amide bonds. The number of anilines is 1. The van der Waals surface area contributed by atoms with Gasteiger partial charge in [-0.25, -0.2) is 4.79 Å². The molecule has 4 nitrogen and oxygen atoms in total. The summed E-state index contributed by atoms with van der Waals surface area (Å²) < 4.78 is 0. The van der Waals surface area contributed by atoms with Crippen LogP contribution < -0.4 is 15.5 Å². The second-order valence-electron chi connectivity index (χ2n) is 5.94. The zero-order valence-electron chi connectivity index (χ0n) is 12.6. The van der Waals surface area contributed by atoms with Gasteiger partial charge in [-0.3, -0.25) is 0 Å². The summed E-state index contributed by atoms with van der Waals surface area (Å²) >= 11 is 0. The van der Waals surface area contributed by atoms with Crippen LogP contribution in [0.5, 0.6) is 0 Å². The minimum atomic E-state index is -0.197. The number of hydrogen-bond acceptors (Lipinski definition) is 2. The highest BCUT2D eigenvalue weighted by atomic mass is 16.2. The molecule has 1 aromatic rings. The molecule has 0 unspecified atom stereocenters. The van der Waals surface area contributed by atoms with Crippen molar-refractivity contribution in [1.29, 1.82) is 0 Å². The van der Waals surface area contributed by atoms with Gasteiger partial charge in [-0.2, -0.15) is 0 Å². The molecule has 0 aliphatic rings. The fraction of sp³-hybridized carbons (Fsp3) is 0.533. The van der Waals surface area contributed by atoms with Crippen LogP contribution in [0.4, 0.5) is 10.5 Å². The number of hydrogen-bond donors (Lipinski definition) is 2. The molecular weight excluding hydrogens is 238 g/mol. The lowest BCUT2D eigenvalue weighted by Gasteiger charge is -2.20. The second kappa shape index (κ2) is 6.45. The van der Waals surface area contributed by atoms with Crippen molar-refractivity contribution in [2.45, 2.75) is 32.7 Å². The van der Waals surface area contributed by atoms with Gasteiger partial charge in [0.15, 0.2) is 0 Å². The highest BCUT2D eigenvalue weighted by Gasteiger charge is 2.12. The quantitative estimate of drug-likeness (QED) is 0.876. The van der Waals surface area contributed by atoms with E-state index in [4.69, 9.17) is 0 Å². The molecule has 2 N–H and O–H groups in total. The fourth-order valence-corrected chi connectivity index (χ4v) is 1.67. The van der Waals surface area contributed by atoms with Crippen molar-refractivity contribution in [3.05, 3.63) is 29.8 Å². The number of urea groups is 1. The van der Waals surface area contributed by atoms with E-state index in [9.17, 15) is 4.79 Å². The van der Waals surface area contributed by atoms with Crippen LogP contribution >= 0.6 is 0 Å². The Labute approximate surface area is 116 Å². The maximum absolute atomic E-state index is 11.6. The van der Waals surface area contributed by atoms with Crippen LogP contribution in [0.15, 0.2) is 24.3 Å². The first-order valence-corrected chi connectivity index (χ1v) is 6.60. The zero-order chi connectivity index (χ0) is 14.5. The van der Waals surface area contributed by atoms with Gasteiger partial charge in [0.2, 0.25) is 0 Å². The van der Waals surface area contributed by atoms with E-state index in [-0.39, 0.29) is 11.6 Å². The summed E-state index contributed by atoms with van der Waals surface area (Å²) in [5.74, 6) is 0. The smallest absolute Gasteiger partial charge is 0.315 e. The Morgan fingerprint density at radius 2 is 1.74 bits per heavy atom. The normalized spacial score (nSPS) is 11.0. The maximum Gasteiger partial charge on any atom is 0.315 e. The molecule has 0 radical (unpaired) electrons. The number of benzene rings is 1. The standard InChI is InChI=1S/C15H25N3O/c1-15(2,3)17-14(19)16-11-10-12-6-8-13(9-7-12)18(4)5/h6-9H,10-11H2,1-5H3,(H2,16,17,19). The number of rotatable bonds is 4. The summed E-state index contributed by atoms with van der Waals surface area (Å²) in [7, 11) is 4.04. The van der Waals surface area contributed by atoms with E-state index in [1.165, 1.54) is 11.3 Å². The molecule has 1 aromatic carbocycles. The lowest BCUT2D eigenvalue weighted by Crippen LogP contribution is -2.46. The van der Waals surface area contributed by atoms with E-state index in [2.05, 4.69) is 39.8 Å². The Morgan fingerprint density at radius 3 is 2.21 bits per heavy atom. The Bertz CT molecular complexity index is 404. The van der Waals surface area contributed by atoms with Crippen LogP contribution in [-0.4, -0.2) is 32.2 Å². The third kappa shape index (κ3) is 6.13. The summed E-state index contributed by atoms with van der Waals surface area (Å²) in [6.07, 6.45) is 0.839. The Kier molecular flexibility index (Phi) is 5.21. The number of nitrogens with one attached hydrogen (secondary N) is 2. The zero-order valence-corrected chi connectivity index (χ0v) is 12.6. The first-order chi connectivity index (χ1) is 8.78. The van der Waals surface area contributed by atoms with Gasteiger partial charge in [-0.15, -0.1) is 0 Å². The molecule has 0 aliphatic carbocycles. The van der Waals surface area contributed by atoms with Gasteiger partial charge in [-0.05, 0) is 44.9 Å². The number of nitrogens with zero attached hydrogens (tertiary/aromatic N) is 1. The van der Waals surface area contributed by atoms with Crippen molar-refractivity contribution in [2.24, 2.45) is 0 Å². The van der Waals surface area contributed by atoms with Crippen LogP contribution in [0, 0.1) is 0 Å². The SMILES string of the molecule is CN(C)c1ccc(CCNC(=O)NC(C)(C)C)cc1. The number of carbonyl (C=O) groups excluding carboxylic acids is 1. The average Bonchev–Trinajstić information content (AvgIpc) is 2.27. The molecule has 0 spiro atoms. The molecule has 19 heavy (non-hydrogen) atoms. The lowest BCUT2D eigenvalue weighted by atomic mass is 10.1. The first-order valence-electron chi connectivity index (χ1n) is 6.60. The Hall–Kier alpha value is -1.71. The van der Waals surface area contributed by atoms with Crippen LogP contribution in [0.25, 0.3) is 0 Å². The van der Waals surface area contributed by atoms with E-state index in [1.54, 1.807) is 0 Å². The molecule has 0 heterocycles. The average molecular weight is 263 g/mol. The van der Waals surface area contributed by atoms with Gasteiger partial charge in [0.1, 0.15) is 0 Å². The van der Waals surface area contributed by atoms with Crippen molar-refractivity contribution in [1.82, 2.24) is 10.6 Å². The molecule has 0 fully saturated rings. The summed E-state index contributed by atoms with van der Waals surface area (Å²) in [4.78, 5) is 13.6. The van der Waals surface area contributed by atoms with Gasteiger partial charge in [0, 0.05) is 31.9 Å². The summed E-state index contributed by atoms with van der Waals surface area (Å²) in [6.45, 7) is 6.54. The summed E-state index contributed by atoms with van der Waals surface area (Å²) in [5, 5.41) is 5.74. The van der Waals surface area contributed by atoms with Crippen molar-refractivity contribution in [2.75, 3.05) is 25.5 Å². The topological polar surface area (TPSA) is 44.4 Å². The minimum absolute atomic E-state index is 0.114. The molecule has 4 heteroatoms. The van der Waals surface area contributed by atoms with Gasteiger partial charge in [0.25, 0.3) is 0 Å². The molecule has 0 saturated carbocycles. The molecule has 0 aromatic heterocycles. The Morgan fingerprint density at radius 1 is 1.16 bits per heavy atom. The fourth-order valence-electron chi connectivity index (χ4n) is 1.67. The van der Waals surface area contributed by atoms with E-state index < -0.39 is 0 Å². The van der Waals surface area contributed by atoms with Gasteiger partial charge in [-0.1, -0.05) is 12.1 Å².